The molecule has 0 heterocycles. The molecule has 0 aliphatic carbocycles. The zero-order chi connectivity index (χ0) is 39.3. The highest BCUT2D eigenvalue weighted by atomic mass is 16.5. The summed E-state index contributed by atoms with van der Waals surface area (Å²) in [5, 5.41) is 8.46. The lowest BCUT2D eigenvalue weighted by atomic mass is 10.1. The van der Waals surface area contributed by atoms with Crippen molar-refractivity contribution >= 4 is 35.3 Å². The van der Waals surface area contributed by atoms with Crippen molar-refractivity contribution in [1.29, 1.82) is 0 Å². The molecule has 4 aromatic carbocycles. The Hall–Kier alpha value is -6.10. The quantitative estimate of drug-likeness (QED) is 0.0253. The summed E-state index contributed by atoms with van der Waals surface area (Å²) in [5.41, 5.74) is 2.87. The molecule has 0 amide bonds. The lowest BCUT2D eigenvalue weighted by Crippen LogP contribution is -2.14. The highest BCUT2D eigenvalue weighted by molar-refractivity contribution is 5.92. The molecule has 0 saturated carbocycles. The molecule has 0 bridgehead atoms. The third-order valence-corrected chi connectivity index (χ3v) is 8.52. The van der Waals surface area contributed by atoms with Crippen molar-refractivity contribution in [1.82, 2.24) is 0 Å². The van der Waals surface area contributed by atoms with Gasteiger partial charge in [-0.1, -0.05) is 58.2 Å². The lowest BCUT2D eigenvalue weighted by Gasteiger charge is -2.09. The number of hydrogen-bond acceptors (Lipinski definition) is 11. The molecule has 288 valence electrons. The number of azo groups is 1. The van der Waals surface area contributed by atoms with Gasteiger partial charge in [0.1, 0.15) is 17.2 Å². The number of hydrogen-bond donors (Lipinski definition) is 0. The number of esters is 4. The fourth-order valence-corrected chi connectivity index (χ4v) is 5.02. The second kappa shape index (κ2) is 22.9. The van der Waals surface area contributed by atoms with Gasteiger partial charge in [-0.3, -0.25) is 4.79 Å². The first-order chi connectivity index (χ1) is 26.7. The highest BCUT2D eigenvalue weighted by Crippen LogP contribution is 2.23. The van der Waals surface area contributed by atoms with Crippen molar-refractivity contribution in [3.8, 4) is 17.2 Å². The van der Waals surface area contributed by atoms with E-state index >= 15 is 0 Å². The van der Waals surface area contributed by atoms with Crippen LogP contribution >= 0.6 is 0 Å². The van der Waals surface area contributed by atoms with Gasteiger partial charge in [-0.15, -0.1) is 0 Å². The fraction of sp³-hybridized carbons (Fsp3) is 0.318. The number of carbonyl (C=O) groups is 4. The Morgan fingerprint density at radius 3 is 1.60 bits per heavy atom. The molecule has 0 aromatic heterocycles. The molecule has 0 spiro atoms. The monoisotopic (exact) mass is 748 g/mol. The zero-order valence-electron chi connectivity index (χ0n) is 31.4. The van der Waals surface area contributed by atoms with Gasteiger partial charge in [0.2, 0.25) is 0 Å². The molecule has 0 radical (unpaired) electrons. The van der Waals surface area contributed by atoms with E-state index in [9.17, 15) is 19.2 Å². The predicted octanol–water partition coefficient (Wildman–Crippen LogP) is 10.1. The minimum absolute atomic E-state index is 0.0332. The van der Waals surface area contributed by atoms with Crippen LogP contribution in [-0.2, 0) is 25.5 Å². The Morgan fingerprint density at radius 2 is 1.07 bits per heavy atom. The van der Waals surface area contributed by atoms with Crippen LogP contribution in [0.2, 0.25) is 0 Å². The van der Waals surface area contributed by atoms with E-state index in [0.29, 0.717) is 48.1 Å². The number of ether oxygens (including phenoxy) is 5. The van der Waals surface area contributed by atoms with Crippen LogP contribution in [0.25, 0.3) is 0 Å². The summed E-state index contributed by atoms with van der Waals surface area (Å²) in [6, 6.07) is 26.9. The van der Waals surface area contributed by atoms with Crippen molar-refractivity contribution in [3.05, 3.63) is 126 Å². The van der Waals surface area contributed by atoms with Crippen LogP contribution in [-0.4, -0.2) is 43.7 Å². The Morgan fingerprint density at radius 1 is 0.600 bits per heavy atom. The van der Waals surface area contributed by atoms with Crippen LogP contribution in [0.3, 0.4) is 0 Å². The zero-order valence-corrected chi connectivity index (χ0v) is 31.4. The number of benzene rings is 4. The molecular formula is C44H48N2O9. The second-order valence-corrected chi connectivity index (χ2v) is 12.8. The first-order valence-corrected chi connectivity index (χ1v) is 18.6. The molecule has 11 nitrogen and oxygen atoms in total. The fourth-order valence-electron chi connectivity index (χ4n) is 5.02. The van der Waals surface area contributed by atoms with Gasteiger partial charge >= 0.3 is 23.9 Å². The SMILES string of the molecule is C=CC(=O)OCCc1ccc(/N=N/c2ccc(OC(=O)c3ccc(OC(=O)c4ccc(OCCCCCCCCOC(=O)C(C)CC)cc4)cc3)cc2)cc1. The van der Waals surface area contributed by atoms with Crippen LogP contribution in [0.1, 0.15) is 85.1 Å². The maximum absolute atomic E-state index is 12.7. The van der Waals surface area contributed by atoms with Gasteiger partial charge in [0.05, 0.1) is 48.2 Å². The summed E-state index contributed by atoms with van der Waals surface area (Å²) < 4.78 is 27.1. The van der Waals surface area contributed by atoms with E-state index in [4.69, 9.17) is 23.7 Å². The summed E-state index contributed by atoms with van der Waals surface area (Å²) in [6.45, 7) is 8.58. The van der Waals surface area contributed by atoms with Crippen LogP contribution in [0.4, 0.5) is 11.4 Å². The summed E-state index contributed by atoms with van der Waals surface area (Å²) in [7, 11) is 0. The maximum Gasteiger partial charge on any atom is 0.343 e. The molecule has 0 saturated heterocycles. The molecule has 4 rings (SSSR count). The minimum Gasteiger partial charge on any atom is -0.494 e. The molecule has 11 heteroatoms. The van der Waals surface area contributed by atoms with Gasteiger partial charge in [0.25, 0.3) is 0 Å². The minimum atomic E-state index is -0.570. The Kier molecular flexibility index (Phi) is 17.3. The molecule has 4 aromatic rings. The van der Waals surface area contributed by atoms with Crippen molar-refractivity contribution in [2.45, 2.75) is 65.2 Å². The molecule has 55 heavy (non-hydrogen) atoms. The maximum atomic E-state index is 12.7. The summed E-state index contributed by atoms with van der Waals surface area (Å²) in [4.78, 5) is 48.3. The molecule has 0 aliphatic heterocycles. The Bertz CT molecular complexity index is 1850. The summed E-state index contributed by atoms with van der Waals surface area (Å²) in [5.74, 6) is -0.407. The van der Waals surface area contributed by atoms with Gasteiger partial charge in [-0.25, -0.2) is 14.4 Å². The summed E-state index contributed by atoms with van der Waals surface area (Å²) in [6.07, 6.45) is 8.60. The van der Waals surface area contributed by atoms with Crippen LogP contribution in [0.15, 0.2) is 120 Å². The van der Waals surface area contributed by atoms with Crippen molar-refractivity contribution < 1.29 is 42.9 Å². The number of unbranched alkanes of at least 4 members (excludes halogenated alkanes) is 5. The van der Waals surface area contributed by atoms with Gasteiger partial charge < -0.3 is 23.7 Å². The third kappa shape index (κ3) is 15.0. The second-order valence-electron chi connectivity index (χ2n) is 12.8. The van der Waals surface area contributed by atoms with E-state index in [1.165, 1.54) is 24.3 Å². The molecule has 0 fully saturated rings. The highest BCUT2D eigenvalue weighted by Gasteiger charge is 2.13. The van der Waals surface area contributed by atoms with Gasteiger partial charge in [-0.05, 0) is 110 Å². The molecule has 1 unspecified atom stereocenters. The number of nitrogens with zero attached hydrogens (tertiary/aromatic N) is 2. The van der Waals surface area contributed by atoms with E-state index in [2.05, 4.69) is 16.8 Å². The van der Waals surface area contributed by atoms with E-state index < -0.39 is 17.9 Å². The summed E-state index contributed by atoms with van der Waals surface area (Å²) >= 11 is 0. The largest absolute Gasteiger partial charge is 0.494 e. The normalized spacial score (nSPS) is 11.4. The molecular weight excluding hydrogens is 700 g/mol. The molecule has 1 atom stereocenters. The predicted molar refractivity (Wildman–Crippen MR) is 208 cm³/mol. The lowest BCUT2D eigenvalue weighted by molar-refractivity contribution is -0.148. The van der Waals surface area contributed by atoms with Gasteiger partial charge in [0.15, 0.2) is 0 Å². The van der Waals surface area contributed by atoms with Crippen LogP contribution in [0, 0.1) is 5.92 Å². The average Bonchev–Trinajstić information content (AvgIpc) is 3.21. The Labute approximate surface area is 322 Å². The van der Waals surface area contributed by atoms with Crippen LogP contribution in [0.5, 0.6) is 17.2 Å². The van der Waals surface area contributed by atoms with Crippen molar-refractivity contribution in [3.63, 3.8) is 0 Å². The topological polar surface area (TPSA) is 139 Å². The smallest absolute Gasteiger partial charge is 0.343 e. The van der Waals surface area contributed by atoms with Gasteiger partial charge in [0, 0.05) is 12.5 Å². The van der Waals surface area contributed by atoms with Gasteiger partial charge in [-0.2, -0.15) is 10.2 Å². The number of carbonyl (C=O) groups excluding carboxylic acids is 4. The standard InChI is InChI=1S/C44H48N2O9/c1-4-32(3)42(48)53-30-11-9-7-6-8-10-29-51-38-22-14-34(15-23-38)43(49)54-39-24-16-35(17-25-39)44(50)55-40-26-20-37(21-27-40)46-45-36-18-12-33(13-19-36)28-31-52-41(47)5-2/h5,12-27,32H,2,4,6-11,28-31H2,1,3H3/b46-45+. The first kappa shape index (κ1) is 41.7. The Balaban J connectivity index is 1.12. The molecule has 0 N–H and O–H groups in total. The van der Waals surface area contributed by atoms with E-state index in [-0.39, 0.29) is 29.8 Å². The third-order valence-electron chi connectivity index (χ3n) is 8.52. The van der Waals surface area contributed by atoms with E-state index in [1.807, 2.05) is 38.1 Å². The average molecular weight is 749 g/mol. The number of rotatable bonds is 22. The molecule has 0 aliphatic rings. The van der Waals surface area contributed by atoms with Crippen LogP contribution < -0.4 is 14.2 Å². The van der Waals surface area contributed by atoms with E-state index in [1.54, 1.807) is 48.5 Å². The first-order valence-electron chi connectivity index (χ1n) is 18.6. The van der Waals surface area contributed by atoms with Crippen molar-refractivity contribution in [2.24, 2.45) is 16.1 Å². The van der Waals surface area contributed by atoms with Crippen molar-refractivity contribution in [2.75, 3.05) is 19.8 Å². The van der Waals surface area contributed by atoms with E-state index in [0.717, 1.165) is 56.6 Å².